The fourth-order valence-electron chi connectivity index (χ4n) is 4.85. The van der Waals surface area contributed by atoms with E-state index in [0.717, 1.165) is 18.0 Å². The maximum Gasteiger partial charge on any atom is 0.419 e. The Bertz CT molecular complexity index is 1430. The number of nitrogens with zero attached hydrogens (tertiary/aromatic N) is 2. The predicted octanol–water partition coefficient (Wildman–Crippen LogP) is 5.37. The van der Waals surface area contributed by atoms with Crippen LogP contribution in [0.25, 0.3) is 10.9 Å². The highest BCUT2D eigenvalue weighted by Crippen LogP contribution is 2.39. The smallest absolute Gasteiger partial charge is 0.419 e. The number of aromatic nitrogens is 1. The van der Waals surface area contributed by atoms with Gasteiger partial charge in [-0.15, -0.1) is 0 Å². The van der Waals surface area contributed by atoms with Gasteiger partial charge in [0.1, 0.15) is 10.9 Å². The molecule has 0 radical (unpaired) electrons. The second kappa shape index (κ2) is 9.52. The third-order valence-corrected chi connectivity index (χ3v) is 8.74. The lowest BCUT2D eigenvalue weighted by atomic mass is 9.84. The van der Waals surface area contributed by atoms with Crippen LogP contribution in [0.15, 0.2) is 53.4 Å². The minimum atomic E-state index is -4.22. The van der Waals surface area contributed by atoms with Crippen molar-refractivity contribution in [3.05, 3.63) is 64.8 Å². The van der Waals surface area contributed by atoms with E-state index in [-0.39, 0.29) is 16.4 Å². The van der Waals surface area contributed by atoms with Crippen molar-refractivity contribution in [2.45, 2.75) is 55.8 Å². The Labute approximate surface area is 214 Å². The van der Waals surface area contributed by atoms with Gasteiger partial charge in [-0.05, 0) is 81.8 Å². The molecule has 2 atom stereocenters. The van der Waals surface area contributed by atoms with Gasteiger partial charge in [0.05, 0.1) is 10.4 Å². The number of carbonyl (C=O) groups excluding carboxylic acids is 2. The maximum atomic E-state index is 14.2. The Balaban J connectivity index is 1.85. The number of benzene rings is 2. The maximum absolute atomic E-state index is 14.2. The van der Waals surface area contributed by atoms with Crippen LogP contribution in [0.4, 0.5) is 9.28 Å². The Morgan fingerprint density at radius 3 is 2.44 bits per heavy atom. The second-order valence-electron chi connectivity index (χ2n) is 10.00. The third-order valence-electron chi connectivity index (χ3n) is 6.32. The average Bonchev–Trinajstić information content (AvgIpc) is 3.11. The van der Waals surface area contributed by atoms with E-state index in [0.29, 0.717) is 29.1 Å². The first-order valence-electron chi connectivity index (χ1n) is 11.6. The number of fused-ring (bicyclic) bond motifs is 3. The lowest BCUT2D eigenvalue weighted by molar-refractivity contribution is -0.143. The highest BCUT2D eigenvalue weighted by Gasteiger charge is 2.45. The molecule has 0 saturated carbocycles. The first-order chi connectivity index (χ1) is 16.8. The number of hydrogen-bond donors (Lipinski definition) is 0. The van der Waals surface area contributed by atoms with E-state index in [4.69, 9.17) is 16.3 Å². The average molecular weight is 535 g/mol. The number of sulfone groups is 1. The molecule has 1 aliphatic rings. The molecule has 0 aliphatic heterocycles. The Kier molecular flexibility index (Phi) is 6.92. The summed E-state index contributed by atoms with van der Waals surface area (Å²) in [5, 5.41) is -0.577. The summed E-state index contributed by atoms with van der Waals surface area (Å²) < 4.78 is 48.4. The summed E-state index contributed by atoms with van der Waals surface area (Å²) in [5.74, 6) is -1.91. The molecule has 2 unspecified atom stereocenters. The van der Waals surface area contributed by atoms with E-state index in [1.807, 2.05) is 0 Å². The van der Waals surface area contributed by atoms with E-state index in [2.05, 4.69) is 0 Å². The molecule has 3 aromatic rings. The summed E-state index contributed by atoms with van der Waals surface area (Å²) >= 11 is 6.24. The van der Waals surface area contributed by atoms with Gasteiger partial charge < -0.3 is 4.74 Å². The molecule has 0 N–H and O–H groups in total. The van der Waals surface area contributed by atoms with E-state index < -0.39 is 38.6 Å². The molecule has 0 spiro atoms. The molecule has 1 aliphatic carbocycles. The van der Waals surface area contributed by atoms with Crippen LogP contribution in [0.2, 0.25) is 5.02 Å². The minimum absolute atomic E-state index is 0.0598. The number of hydrogen-bond acceptors (Lipinski definition) is 5. The summed E-state index contributed by atoms with van der Waals surface area (Å²) in [5.41, 5.74) is 1.19. The molecule has 1 amide bonds. The molecule has 36 heavy (non-hydrogen) atoms. The van der Waals surface area contributed by atoms with Crippen LogP contribution < -0.4 is 0 Å². The minimum Gasteiger partial charge on any atom is -0.443 e. The first kappa shape index (κ1) is 26.2. The van der Waals surface area contributed by atoms with Crippen molar-refractivity contribution in [1.82, 2.24) is 9.69 Å². The van der Waals surface area contributed by atoms with Crippen LogP contribution in [0.5, 0.6) is 0 Å². The van der Waals surface area contributed by atoms with Crippen LogP contribution >= 0.6 is 11.6 Å². The molecule has 4 rings (SSSR count). The molecule has 0 fully saturated rings. The van der Waals surface area contributed by atoms with Gasteiger partial charge >= 0.3 is 6.09 Å². The SMILES string of the molecule is CN(F)C(=O)C(C1CCc2c(n(C(=O)OC(C)(C)C)c3ccc(Cl)cc23)C1)S(=O)(=O)c1ccccc1. The summed E-state index contributed by atoms with van der Waals surface area (Å²) in [6.45, 7) is 5.25. The van der Waals surface area contributed by atoms with E-state index >= 15 is 0 Å². The third kappa shape index (κ3) is 4.86. The second-order valence-corrected chi connectivity index (χ2v) is 12.5. The summed E-state index contributed by atoms with van der Waals surface area (Å²) in [6, 6.07) is 12.7. The number of ether oxygens (including phenoxy) is 1. The zero-order chi connectivity index (χ0) is 26.4. The number of halogens is 2. The molecule has 192 valence electrons. The fourth-order valence-corrected chi connectivity index (χ4v) is 7.00. The lowest BCUT2D eigenvalue weighted by Gasteiger charge is -2.31. The summed E-state index contributed by atoms with van der Waals surface area (Å²) in [6.07, 6.45) is 0.144. The molecule has 2 aromatic carbocycles. The lowest BCUT2D eigenvalue weighted by Crippen LogP contribution is -2.45. The zero-order valence-corrected chi connectivity index (χ0v) is 22.1. The molecule has 1 aromatic heterocycles. The van der Waals surface area contributed by atoms with Crippen LogP contribution in [0, 0.1) is 5.92 Å². The van der Waals surface area contributed by atoms with Crippen molar-refractivity contribution < 1.29 is 27.2 Å². The van der Waals surface area contributed by atoms with Gasteiger partial charge in [-0.1, -0.05) is 34.3 Å². The standard InChI is InChI=1S/C26H28ClFN2O5S/c1-26(2,3)35-25(32)30-21-13-11-17(27)15-20(21)19-12-10-16(14-22(19)30)23(24(31)29(4)28)36(33,34)18-8-6-5-7-9-18/h5-9,11,13,15-16,23H,10,12,14H2,1-4H3. The Morgan fingerprint density at radius 1 is 1.17 bits per heavy atom. The fraction of sp³-hybridized carbons (Fsp3) is 0.385. The molecule has 7 nitrogen and oxygen atoms in total. The normalized spacial score (nSPS) is 16.9. The topological polar surface area (TPSA) is 85.7 Å². The number of carbonyl (C=O) groups is 2. The van der Waals surface area contributed by atoms with Gasteiger partial charge in [-0.3, -0.25) is 4.79 Å². The van der Waals surface area contributed by atoms with Crippen molar-refractivity contribution >= 4 is 44.3 Å². The largest absolute Gasteiger partial charge is 0.443 e. The van der Waals surface area contributed by atoms with Crippen molar-refractivity contribution in [3.63, 3.8) is 0 Å². The van der Waals surface area contributed by atoms with E-state index in [1.165, 1.54) is 16.7 Å². The summed E-state index contributed by atoms with van der Waals surface area (Å²) in [4.78, 5) is 26.2. The van der Waals surface area contributed by atoms with E-state index in [9.17, 15) is 22.5 Å². The van der Waals surface area contributed by atoms with Gasteiger partial charge in [0.25, 0.3) is 5.91 Å². The molecular formula is C26H28ClFN2O5S. The van der Waals surface area contributed by atoms with Crippen molar-refractivity contribution in [1.29, 1.82) is 0 Å². The molecule has 1 heterocycles. The number of amides is 1. The zero-order valence-electron chi connectivity index (χ0n) is 20.5. The van der Waals surface area contributed by atoms with Crippen LogP contribution in [-0.2, 0) is 32.2 Å². The first-order valence-corrected chi connectivity index (χ1v) is 13.5. The highest BCUT2D eigenvalue weighted by molar-refractivity contribution is 7.92. The predicted molar refractivity (Wildman–Crippen MR) is 135 cm³/mol. The van der Waals surface area contributed by atoms with Crippen molar-refractivity contribution in [3.8, 4) is 0 Å². The van der Waals surface area contributed by atoms with Gasteiger partial charge in [-0.2, -0.15) is 5.12 Å². The van der Waals surface area contributed by atoms with E-state index in [1.54, 1.807) is 57.2 Å². The molecular weight excluding hydrogens is 507 g/mol. The van der Waals surface area contributed by atoms with Crippen LogP contribution in [0.1, 0.15) is 38.4 Å². The Hall–Kier alpha value is -2.91. The van der Waals surface area contributed by atoms with Gasteiger partial charge in [-0.25, -0.2) is 17.8 Å². The van der Waals surface area contributed by atoms with Crippen molar-refractivity contribution in [2.24, 2.45) is 5.92 Å². The van der Waals surface area contributed by atoms with Crippen molar-refractivity contribution in [2.75, 3.05) is 7.05 Å². The van der Waals surface area contributed by atoms with Gasteiger partial charge in [0, 0.05) is 23.2 Å². The molecule has 10 heteroatoms. The van der Waals surface area contributed by atoms with Crippen LogP contribution in [-0.4, -0.2) is 48.0 Å². The number of aryl methyl sites for hydroxylation is 1. The Morgan fingerprint density at radius 2 is 1.83 bits per heavy atom. The van der Waals surface area contributed by atoms with Crippen LogP contribution in [0.3, 0.4) is 0 Å². The van der Waals surface area contributed by atoms with Gasteiger partial charge in [0.15, 0.2) is 9.84 Å². The molecule has 0 saturated heterocycles. The number of rotatable bonds is 4. The van der Waals surface area contributed by atoms with Gasteiger partial charge in [0.2, 0.25) is 0 Å². The summed E-state index contributed by atoms with van der Waals surface area (Å²) in [7, 11) is -3.33. The molecule has 0 bridgehead atoms. The highest BCUT2D eigenvalue weighted by atomic mass is 35.5. The monoisotopic (exact) mass is 534 g/mol. The quantitative estimate of drug-likeness (QED) is 0.420.